The average molecular weight is 816 g/mol. The van der Waals surface area contributed by atoms with Crippen molar-refractivity contribution in [1.29, 1.82) is 0 Å². The van der Waals surface area contributed by atoms with Gasteiger partial charge in [0.2, 0.25) is 0 Å². The van der Waals surface area contributed by atoms with E-state index in [0.717, 1.165) is 61.2 Å². The first-order valence-corrected chi connectivity index (χ1v) is 21.9. The van der Waals surface area contributed by atoms with Crippen LogP contribution in [0.4, 0.5) is 0 Å². The van der Waals surface area contributed by atoms with Gasteiger partial charge >= 0.3 is 0 Å². The van der Waals surface area contributed by atoms with E-state index in [9.17, 15) is 0 Å². The third-order valence-corrected chi connectivity index (χ3v) is 13.4. The van der Waals surface area contributed by atoms with E-state index in [4.69, 9.17) is 4.42 Å². The van der Waals surface area contributed by atoms with Gasteiger partial charge in [0.1, 0.15) is 11.2 Å². The Labute approximate surface area is 367 Å². The maximum atomic E-state index is 6.65. The molecule has 0 saturated heterocycles. The molecule has 0 unspecified atom stereocenters. The van der Waals surface area contributed by atoms with Gasteiger partial charge < -0.3 is 18.1 Å². The van der Waals surface area contributed by atoms with Crippen LogP contribution in [0.1, 0.15) is 0 Å². The fourth-order valence-corrected chi connectivity index (χ4v) is 10.8. The first-order valence-electron chi connectivity index (χ1n) is 21.9. The Bertz CT molecular complexity index is 4180. The number of fused-ring (bicyclic) bond motifs is 13. The second kappa shape index (κ2) is 13.4. The van der Waals surface area contributed by atoms with E-state index in [0.29, 0.717) is 0 Å². The Hall–Kier alpha value is -8.60. The molecule has 64 heavy (non-hydrogen) atoms. The highest BCUT2D eigenvalue weighted by Gasteiger charge is 2.24. The van der Waals surface area contributed by atoms with Gasteiger partial charge in [-0.2, -0.15) is 0 Å². The summed E-state index contributed by atoms with van der Waals surface area (Å²) in [5.41, 5.74) is 16.8. The number of para-hydroxylation sites is 6. The molecular formula is C60H37N3O. The Morgan fingerprint density at radius 1 is 0.266 bits per heavy atom. The van der Waals surface area contributed by atoms with E-state index in [1.165, 1.54) is 65.5 Å². The summed E-state index contributed by atoms with van der Waals surface area (Å²) >= 11 is 0. The molecule has 0 bridgehead atoms. The maximum Gasteiger partial charge on any atom is 0.138 e. The molecule has 0 N–H and O–H groups in total. The molecular weight excluding hydrogens is 779 g/mol. The molecule has 0 radical (unpaired) electrons. The van der Waals surface area contributed by atoms with Gasteiger partial charge in [-0.1, -0.05) is 146 Å². The Kier molecular flexibility index (Phi) is 7.36. The lowest BCUT2D eigenvalue weighted by Gasteiger charge is -2.15. The van der Waals surface area contributed by atoms with Crippen molar-refractivity contribution < 1.29 is 4.42 Å². The molecule has 4 aromatic heterocycles. The van der Waals surface area contributed by atoms with Crippen molar-refractivity contribution in [2.24, 2.45) is 0 Å². The fraction of sp³-hybridized carbons (Fsp3) is 0. The SMILES string of the molecule is c1ccc(-c2cc(-n3c4ccccc4c4c5c6ccccc6n(-c6ccccc6-c6ccc7c(c6)c6ccccc6n7-c6ccccc6)c5ccc43)c3c(c2)oc2ccccc23)cc1. The summed E-state index contributed by atoms with van der Waals surface area (Å²) in [6, 6.07) is 81.4. The van der Waals surface area contributed by atoms with E-state index in [1.807, 2.05) is 0 Å². The number of nitrogens with zero attached hydrogens (tertiary/aromatic N) is 3. The summed E-state index contributed by atoms with van der Waals surface area (Å²) in [5.74, 6) is 0. The van der Waals surface area contributed by atoms with Crippen molar-refractivity contribution in [2.75, 3.05) is 0 Å². The molecule has 0 aliphatic rings. The molecule has 4 heterocycles. The van der Waals surface area contributed by atoms with Crippen molar-refractivity contribution in [2.45, 2.75) is 0 Å². The van der Waals surface area contributed by atoms with Crippen LogP contribution < -0.4 is 0 Å². The molecule has 0 amide bonds. The van der Waals surface area contributed by atoms with E-state index in [-0.39, 0.29) is 0 Å². The molecule has 14 aromatic rings. The van der Waals surface area contributed by atoms with Crippen LogP contribution in [0, 0.1) is 0 Å². The third-order valence-electron chi connectivity index (χ3n) is 13.4. The van der Waals surface area contributed by atoms with Crippen LogP contribution in [0.5, 0.6) is 0 Å². The van der Waals surface area contributed by atoms with Gasteiger partial charge in [-0.15, -0.1) is 0 Å². The quantitative estimate of drug-likeness (QED) is 0.170. The molecule has 0 spiro atoms. The first kappa shape index (κ1) is 35.0. The predicted molar refractivity (Wildman–Crippen MR) is 268 cm³/mol. The fourth-order valence-electron chi connectivity index (χ4n) is 10.8. The zero-order valence-electron chi connectivity index (χ0n) is 34.6. The highest BCUT2D eigenvalue weighted by atomic mass is 16.3. The van der Waals surface area contributed by atoms with E-state index < -0.39 is 0 Å². The minimum absolute atomic E-state index is 0.876. The topological polar surface area (TPSA) is 27.9 Å². The molecule has 4 nitrogen and oxygen atoms in total. The average Bonchev–Trinajstić information content (AvgIpc) is 4.10. The van der Waals surface area contributed by atoms with Gasteiger partial charge in [0.15, 0.2) is 0 Å². The molecule has 0 aliphatic heterocycles. The number of rotatable bonds is 5. The Balaban J connectivity index is 1.04. The second-order valence-electron chi connectivity index (χ2n) is 16.8. The normalized spacial score (nSPS) is 12.1. The smallest absolute Gasteiger partial charge is 0.138 e. The van der Waals surface area contributed by atoms with Gasteiger partial charge in [0.05, 0.1) is 49.9 Å². The van der Waals surface area contributed by atoms with Crippen molar-refractivity contribution in [3.8, 4) is 39.3 Å². The van der Waals surface area contributed by atoms with Gasteiger partial charge in [-0.05, 0) is 95.6 Å². The lowest BCUT2D eigenvalue weighted by molar-refractivity contribution is 0.669. The second-order valence-corrected chi connectivity index (χ2v) is 16.8. The monoisotopic (exact) mass is 815 g/mol. The van der Waals surface area contributed by atoms with Crippen molar-refractivity contribution >= 4 is 87.4 Å². The number of hydrogen-bond donors (Lipinski definition) is 0. The Morgan fingerprint density at radius 3 is 1.52 bits per heavy atom. The van der Waals surface area contributed by atoms with Crippen LogP contribution in [-0.4, -0.2) is 13.7 Å². The predicted octanol–water partition coefficient (Wildman–Crippen LogP) is 16.2. The van der Waals surface area contributed by atoms with Crippen LogP contribution in [0.3, 0.4) is 0 Å². The summed E-state index contributed by atoms with van der Waals surface area (Å²) in [6.45, 7) is 0. The van der Waals surface area contributed by atoms with Crippen molar-refractivity contribution in [3.05, 3.63) is 224 Å². The van der Waals surface area contributed by atoms with Gasteiger partial charge in [-0.25, -0.2) is 0 Å². The molecule has 0 atom stereocenters. The first-order chi connectivity index (χ1) is 31.8. The minimum Gasteiger partial charge on any atom is -0.456 e. The molecule has 0 aliphatic carbocycles. The summed E-state index contributed by atoms with van der Waals surface area (Å²) < 4.78 is 14.0. The maximum absolute atomic E-state index is 6.65. The van der Waals surface area contributed by atoms with Crippen LogP contribution in [-0.2, 0) is 0 Å². The number of furan rings is 1. The summed E-state index contributed by atoms with van der Waals surface area (Å²) in [4.78, 5) is 0. The van der Waals surface area contributed by atoms with E-state index >= 15 is 0 Å². The van der Waals surface area contributed by atoms with Gasteiger partial charge in [0.25, 0.3) is 0 Å². The van der Waals surface area contributed by atoms with Crippen LogP contribution in [0.25, 0.3) is 127 Å². The standard InChI is InChI=1S/C60H37N3O/c1-3-17-38(18-4-1)40-36-55(58-46-25-11-16-30-56(46)64-57(58)37-40)63-51-29-15-10-24-45(51)60-54(63)34-33-53-59(60)44-23-9-14-28-50(44)62(53)48-26-12-7-21-42(48)39-31-32-52-47(35-39)43-22-8-13-27-49(43)61(52)41-19-5-2-6-20-41/h1-37H. The molecule has 4 heteroatoms. The van der Waals surface area contributed by atoms with Gasteiger partial charge in [-0.3, -0.25) is 0 Å². The zero-order chi connectivity index (χ0) is 41.9. The third kappa shape index (κ3) is 4.93. The molecule has 0 fully saturated rings. The van der Waals surface area contributed by atoms with Crippen LogP contribution >= 0.6 is 0 Å². The van der Waals surface area contributed by atoms with Crippen molar-refractivity contribution in [3.63, 3.8) is 0 Å². The Morgan fingerprint density at radius 2 is 0.797 bits per heavy atom. The van der Waals surface area contributed by atoms with Crippen LogP contribution in [0.2, 0.25) is 0 Å². The largest absolute Gasteiger partial charge is 0.456 e. The van der Waals surface area contributed by atoms with E-state index in [2.05, 4.69) is 238 Å². The number of benzene rings is 10. The van der Waals surface area contributed by atoms with Gasteiger partial charge in [0, 0.05) is 49.0 Å². The lowest BCUT2D eigenvalue weighted by atomic mass is 10.0. The summed E-state index contributed by atoms with van der Waals surface area (Å²) in [6.07, 6.45) is 0. The summed E-state index contributed by atoms with van der Waals surface area (Å²) in [5, 5.41) is 9.61. The lowest BCUT2D eigenvalue weighted by Crippen LogP contribution is -1.98. The summed E-state index contributed by atoms with van der Waals surface area (Å²) in [7, 11) is 0. The van der Waals surface area contributed by atoms with Crippen LogP contribution in [0.15, 0.2) is 229 Å². The number of hydrogen-bond acceptors (Lipinski definition) is 1. The highest BCUT2D eigenvalue weighted by Crippen LogP contribution is 2.46. The van der Waals surface area contributed by atoms with Crippen molar-refractivity contribution in [1.82, 2.24) is 13.7 Å². The van der Waals surface area contributed by atoms with E-state index in [1.54, 1.807) is 0 Å². The molecule has 0 saturated carbocycles. The molecule has 10 aromatic carbocycles. The minimum atomic E-state index is 0.876. The molecule has 14 rings (SSSR count). The number of aromatic nitrogens is 3. The molecule has 298 valence electrons. The zero-order valence-corrected chi connectivity index (χ0v) is 34.6. The highest BCUT2D eigenvalue weighted by molar-refractivity contribution is 6.29.